The normalized spacial score (nSPS) is 16.9. The SMILES string of the molecule is CN(C)C(=O)c1cccc(N(N)C2=NS(=O)N=C2N[C@@H](c2cc(Cl)co2)C(C)(C)C)c1O. The van der Waals surface area contributed by atoms with Gasteiger partial charge in [-0.1, -0.05) is 38.4 Å². The Bertz CT molecular complexity index is 1120. The maximum Gasteiger partial charge on any atom is 0.269 e. The molecule has 1 amide bonds. The summed E-state index contributed by atoms with van der Waals surface area (Å²) in [5.74, 6) is 6.23. The number of hydrogen-bond donors (Lipinski definition) is 3. The third-order valence-corrected chi connectivity index (χ3v) is 5.57. The van der Waals surface area contributed by atoms with Gasteiger partial charge in [0, 0.05) is 20.2 Å². The summed E-state index contributed by atoms with van der Waals surface area (Å²) in [5.41, 5.74) is -0.205. The van der Waals surface area contributed by atoms with Crippen LogP contribution in [0.15, 0.2) is 43.7 Å². The number of nitrogens with one attached hydrogen (secondary N) is 1. The third-order valence-electron chi connectivity index (χ3n) is 4.70. The van der Waals surface area contributed by atoms with Gasteiger partial charge in [0.2, 0.25) is 5.84 Å². The van der Waals surface area contributed by atoms with Gasteiger partial charge in [-0.3, -0.25) is 9.80 Å². The van der Waals surface area contributed by atoms with E-state index in [9.17, 15) is 14.1 Å². The third kappa shape index (κ3) is 4.79. The molecule has 0 radical (unpaired) electrons. The van der Waals surface area contributed by atoms with E-state index in [0.717, 1.165) is 5.01 Å². The number of halogens is 1. The van der Waals surface area contributed by atoms with Crippen LogP contribution in [0.4, 0.5) is 5.69 Å². The van der Waals surface area contributed by atoms with Crippen molar-refractivity contribution in [1.29, 1.82) is 0 Å². The highest BCUT2D eigenvalue weighted by atomic mass is 35.5. The van der Waals surface area contributed by atoms with Crippen molar-refractivity contribution < 1.29 is 18.5 Å². The fourth-order valence-electron chi connectivity index (χ4n) is 3.09. The molecule has 12 heteroatoms. The molecule has 0 fully saturated rings. The van der Waals surface area contributed by atoms with Crippen LogP contribution in [-0.4, -0.2) is 45.9 Å². The second-order valence-corrected chi connectivity index (χ2v) is 9.70. The van der Waals surface area contributed by atoms with Gasteiger partial charge < -0.3 is 19.7 Å². The summed E-state index contributed by atoms with van der Waals surface area (Å²) < 4.78 is 25.8. The van der Waals surface area contributed by atoms with Gasteiger partial charge in [0.1, 0.15) is 17.7 Å². The number of rotatable bonds is 4. The van der Waals surface area contributed by atoms with Crippen molar-refractivity contribution in [3.8, 4) is 5.75 Å². The molecule has 0 saturated carbocycles. The first-order chi connectivity index (χ1) is 14.9. The van der Waals surface area contributed by atoms with Crippen LogP contribution in [0.5, 0.6) is 5.75 Å². The Morgan fingerprint density at radius 1 is 1.31 bits per heavy atom. The van der Waals surface area contributed by atoms with E-state index in [4.69, 9.17) is 21.9 Å². The lowest BCUT2D eigenvalue weighted by molar-refractivity contribution is 0.0824. The lowest BCUT2D eigenvalue weighted by Crippen LogP contribution is -2.48. The van der Waals surface area contributed by atoms with Crippen LogP contribution in [-0.2, 0) is 11.2 Å². The van der Waals surface area contributed by atoms with E-state index in [1.165, 1.54) is 23.3 Å². The molecule has 10 nitrogen and oxygen atoms in total. The van der Waals surface area contributed by atoms with Crippen molar-refractivity contribution in [2.75, 3.05) is 19.1 Å². The van der Waals surface area contributed by atoms with Crippen LogP contribution < -0.4 is 16.2 Å². The van der Waals surface area contributed by atoms with Crippen LogP contribution >= 0.6 is 11.6 Å². The number of aromatic hydroxyl groups is 1. The summed E-state index contributed by atoms with van der Waals surface area (Å²) in [5, 5.41) is 15.4. The maximum atomic E-state index is 12.4. The average Bonchev–Trinajstić information content (AvgIpc) is 3.29. The molecular formula is C20H25ClN6O4S. The highest BCUT2D eigenvalue weighted by molar-refractivity contribution is 7.83. The maximum absolute atomic E-state index is 12.4. The predicted octanol–water partition coefficient (Wildman–Crippen LogP) is 2.79. The Morgan fingerprint density at radius 3 is 2.56 bits per heavy atom. The van der Waals surface area contributed by atoms with Gasteiger partial charge in [0.05, 0.1) is 16.6 Å². The summed E-state index contributed by atoms with van der Waals surface area (Å²) in [6.45, 7) is 5.94. The van der Waals surface area contributed by atoms with E-state index in [1.54, 1.807) is 26.2 Å². The second kappa shape index (κ2) is 8.93. The van der Waals surface area contributed by atoms with Crippen LogP contribution in [0.1, 0.15) is 42.9 Å². The molecule has 2 heterocycles. The quantitative estimate of drug-likeness (QED) is 0.452. The number of benzene rings is 1. The fraction of sp³-hybridized carbons (Fsp3) is 0.350. The Balaban J connectivity index is 1.96. The summed E-state index contributed by atoms with van der Waals surface area (Å²) in [4.78, 5) is 13.7. The molecule has 3 rings (SSSR count). The van der Waals surface area contributed by atoms with Gasteiger partial charge >= 0.3 is 0 Å². The molecule has 2 atom stereocenters. The number of hydrogen-bond acceptors (Lipinski definition) is 7. The highest BCUT2D eigenvalue weighted by Gasteiger charge is 2.35. The molecule has 4 N–H and O–H groups in total. The fourth-order valence-corrected chi connectivity index (χ4v) is 3.90. The van der Waals surface area contributed by atoms with Crippen molar-refractivity contribution in [3.05, 3.63) is 46.9 Å². The van der Waals surface area contributed by atoms with E-state index >= 15 is 0 Å². The number of anilines is 1. The van der Waals surface area contributed by atoms with E-state index in [1.807, 2.05) is 20.8 Å². The lowest BCUT2D eigenvalue weighted by atomic mass is 9.85. The number of nitrogens with zero attached hydrogens (tertiary/aromatic N) is 4. The molecule has 0 saturated heterocycles. The first kappa shape index (κ1) is 23.8. The molecule has 0 bridgehead atoms. The standard InChI is InChI=1S/C20H25ClN6O4S/c1-20(2,3)16(14-9-11(21)10-31-14)23-17-18(25-32(30)24-17)27(22)13-8-6-7-12(15(13)28)19(29)26(4)5/h6-10,16,28H,22H2,1-5H3,(H,23,24)/t16-,32?/m0/s1. The smallest absolute Gasteiger partial charge is 0.269 e. The minimum absolute atomic E-state index is 0.0278. The number of amidine groups is 2. The number of furan rings is 1. The van der Waals surface area contributed by atoms with E-state index in [0.29, 0.717) is 10.8 Å². The van der Waals surface area contributed by atoms with Gasteiger partial charge in [-0.15, -0.1) is 8.80 Å². The van der Waals surface area contributed by atoms with Gasteiger partial charge in [0.15, 0.2) is 11.6 Å². The van der Waals surface area contributed by atoms with Gasteiger partial charge in [-0.05, 0) is 17.5 Å². The van der Waals surface area contributed by atoms with Gasteiger partial charge in [-0.2, -0.15) is 0 Å². The van der Waals surface area contributed by atoms with Crippen LogP contribution in [0, 0.1) is 5.41 Å². The lowest BCUT2D eigenvalue weighted by Gasteiger charge is -2.31. The molecule has 1 unspecified atom stereocenters. The van der Waals surface area contributed by atoms with Crippen molar-refractivity contribution in [2.45, 2.75) is 26.8 Å². The van der Waals surface area contributed by atoms with Crippen molar-refractivity contribution in [2.24, 2.45) is 20.1 Å². The number of nitrogens with two attached hydrogens (primary N) is 1. The average molecular weight is 481 g/mol. The summed E-state index contributed by atoms with van der Waals surface area (Å²) in [7, 11) is 3.14. The molecule has 1 aromatic carbocycles. The van der Waals surface area contributed by atoms with Crippen LogP contribution in [0.25, 0.3) is 0 Å². The van der Waals surface area contributed by atoms with E-state index in [-0.39, 0.29) is 34.1 Å². The molecule has 2 aromatic rings. The molecule has 1 aromatic heterocycles. The predicted molar refractivity (Wildman–Crippen MR) is 125 cm³/mol. The minimum Gasteiger partial charge on any atom is -0.505 e. The molecule has 1 aliphatic rings. The number of phenolic OH excluding ortho intramolecular Hbond substituents is 1. The number of carbonyl (C=O) groups excluding carboxylic acids is 1. The van der Waals surface area contributed by atoms with Crippen molar-refractivity contribution in [1.82, 2.24) is 10.2 Å². The van der Waals surface area contributed by atoms with Crippen LogP contribution in [0.3, 0.4) is 0 Å². The topological polar surface area (TPSA) is 137 Å². The zero-order chi connectivity index (χ0) is 23.8. The highest BCUT2D eigenvalue weighted by Crippen LogP contribution is 2.36. The largest absolute Gasteiger partial charge is 0.505 e. The number of phenols is 1. The first-order valence-electron chi connectivity index (χ1n) is 9.59. The summed E-state index contributed by atoms with van der Waals surface area (Å²) >= 11 is 4.10. The first-order valence-corrected chi connectivity index (χ1v) is 11.0. The molecule has 1 aliphatic heterocycles. The Morgan fingerprint density at radius 2 is 2.00 bits per heavy atom. The second-order valence-electron chi connectivity index (χ2n) is 8.44. The molecule has 172 valence electrons. The summed E-state index contributed by atoms with van der Waals surface area (Å²) in [6.07, 6.45) is 1.42. The minimum atomic E-state index is -1.92. The molecule has 32 heavy (non-hydrogen) atoms. The van der Waals surface area contributed by atoms with Gasteiger partial charge in [-0.25, -0.2) is 10.1 Å². The number of carbonyl (C=O) groups is 1. The van der Waals surface area contributed by atoms with Crippen molar-refractivity contribution >= 4 is 46.0 Å². The zero-order valence-corrected chi connectivity index (χ0v) is 19.9. The van der Waals surface area contributed by atoms with Crippen molar-refractivity contribution in [3.63, 3.8) is 0 Å². The molecule has 0 aliphatic carbocycles. The number of hydrazine groups is 1. The Hall–Kier alpha value is -2.89. The zero-order valence-electron chi connectivity index (χ0n) is 18.3. The van der Waals surface area contributed by atoms with Gasteiger partial charge in [0.25, 0.3) is 17.1 Å². The molecule has 0 spiro atoms. The summed E-state index contributed by atoms with van der Waals surface area (Å²) in [6, 6.07) is 5.82. The monoisotopic (exact) mass is 480 g/mol. The molecular weight excluding hydrogens is 456 g/mol. The number of para-hydroxylation sites is 1. The number of amides is 1. The van der Waals surface area contributed by atoms with E-state index in [2.05, 4.69) is 14.1 Å². The Kier molecular flexibility index (Phi) is 6.63. The van der Waals surface area contributed by atoms with E-state index < -0.39 is 23.1 Å². The van der Waals surface area contributed by atoms with Crippen LogP contribution in [0.2, 0.25) is 5.02 Å². The Labute approximate surface area is 193 Å².